The van der Waals surface area contributed by atoms with Crippen LogP contribution in [0.4, 0.5) is 0 Å². The number of nitrogens with one attached hydrogen (secondary N) is 2. The van der Waals surface area contributed by atoms with E-state index < -0.39 is 11.2 Å². The molecule has 2 amide bonds. The molecule has 0 aliphatic carbocycles. The van der Waals surface area contributed by atoms with Crippen LogP contribution < -0.4 is 10.6 Å². The number of carboxylic acid groups (broad SMARTS) is 1. The molecule has 0 aliphatic rings. The van der Waals surface area contributed by atoms with Crippen LogP contribution in [0.25, 0.3) is 11.1 Å². The Hall–Kier alpha value is -4.08. The fourth-order valence-electron chi connectivity index (χ4n) is 5.34. The quantitative estimate of drug-likeness (QED) is 0.0783. The molecule has 8 nitrogen and oxygen atoms in total. The number of carbonyl (C=O) groups is 3. The second-order valence-electron chi connectivity index (χ2n) is 11.3. The number of carboxylic acids is 1. The fraction of sp³-hybridized carbons (Fsp3) is 0.333. The Morgan fingerprint density at radius 1 is 0.913 bits per heavy atom. The Bertz CT molecular complexity index is 1640. The Balaban J connectivity index is 1.36. The molecule has 0 saturated heterocycles. The number of hydrogen-bond donors (Lipinski definition) is 4. The van der Waals surface area contributed by atoms with E-state index >= 15 is 0 Å². The minimum atomic E-state index is -0.962. The molecule has 3 N–H and O–H groups in total. The number of benzene rings is 3. The zero-order valence-electron chi connectivity index (χ0n) is 26.3. The van der Waals surface area contributed by atoms with Crippen molar-refractivity contribution in [2.45, 2.75) is 64.2 Å². The van der Waals surface area contributed by atoms with Crippen LogP contribution in [0.15, 0.2) is 72.8 Å². The predicted octanol–water partition coefficient (Wildman–Crippen LogP) is 6.77. The second-order valence-corrected chi connectivity index (χ2v) is 12.3. The molecule has 242 valence electrons. The first-order valence-electron chi connectivity index (χ1n) is 15.6. The van der Waals surface area contributed by atoms with Gasteiger partial charge in [0.25, 0.3) is 5.91 Å². The average molecular weight is 661 g/mol. The number of aromatic nitrogens is 2. The Kier molecular flexibility index (Phi) is 12.9. The minimum Gasteiger partial charge on any atom is -0.478 e. The van der Waals surface area contributed by atoms with Crippen molar-refractivity contribution in [2.24, 2.45) is 0 Å². The largest absolute Gasteiger partial charge is 0.478 e. The Morgan fingerprint density at radius 2 is 1.61 bits per heavy atom. The number of amides is 2. The van der Waals surface area contributed by atoms with E-state index in [1.165, 1.54) is 0 Å². The third kappa shape index (κ3) is 9.23. The average Bonchev–Trinajstić information content (AvgIpc) is 3.35. The Morgan fingerprint density at radius 3 is 2.28 bits per heavy atom. The number of imidazole rings is 1. The van der Waals surface area contributed by atoms with Gasteiger partial charge in [-0.3, -0.25) is 9.59 Å². The molecular weight excluding hydrogens is 620 g/mol. The number of nitrogens with zero attached hydrogens (tertiary/aromatic N) is 2. The lowest BCUT2D eigenvalue weighted by molar-refractivity contribution is -0.120. The Labute approximate surface area is 281 Å². The summed E-state index contributed by atoms with van der Waals surface area (Å²) in [6, 6.07) is 22.9. The van der Waals surface area contributed by atoms with E-state index in [1.807, 2.05) is 71.3 Å². The number of halogens is 1. The van der Waals surface area contributed by atoms with Crippen molar-refractivity contribution in [3.8, 4) is 11.1 Å². The van der Waals surface area contributed by atoms with E-state index in [0.717, 1.165) is 35.4 Å². The molecule has 10 heteroatoms. The van der Waals surface area contributed by atoms with E-state index in [9.17, 15) is 19.5 Å². The highest BCUT2D eigenvalue weighted by Crippen LogP contribution is 2.28. The maximum Gasteiger partial charge on any atom is 0.336 e. The zero-order valence-corrected chi connectivity index (χ0v) is 27.9. The highest BCUT2D eigenvalue weighted by Gasteiger charge is 2.22. The molecule has 4 aromatic rings. The summed E-state index contributed by atoms with van der Waals surface area (Å²) < 4.78 is 1.87. The van der Waals surface area contributed by atoms with E-state index in [4.69, 9.17) is 11.6 Å². The summed E-state index contributed by atoms with van der Waals surface area (Å²) >= 11 is 11.0. The van der Waals surface area contributed by atoms with Gasteiger partial charge in [0.15, 0.2) is 5.15 Å². The maximum absolute atomic E-state index is 13.3. The lowest BCUT2D eigenvalue weighted by Gasteiger charge is -2.14. The van der Waals surface area contributed by atoms with Crippen molar-refractivity contribution in [1.82, 2.24) is 20.2 Å². The van der Waals surface area contributed by atoms with Crippen LogP contribution in [-0.2, 0) is 24.2 Å². The standard InChI is InChI=1S/C36H41ClN4O4S/c1-3-4-15-30-40-33(37)32(35(43)39-21-9-8-20-38-34(42)29(46)22-25-12-6-5-7-13-25)41(30)23-26-16-18-27(19-17-26)28-14-10-11-24(2)31(28)36(44)45/h5-7,10-14,16-19,29,46H,3-4,8-9,15,20-23H2,1-2H3,(H,38,42)(H,39,43)(H,44,45)/t29-/m0/s1. The topological polar surface area (TPSA) is 113 Å². The normalized spacial score (nSPS) is 11.7. The van der Waals surface area contributed by atoms with E-state index in [-0.39, 0.29) is 22.5 Å². The molecular formula is C36H41ClN4O4S. The molecule has 0 radical (unpaired) electrons. The first-order chi connectivity index (χ1) is 22.2. The van der Waals surface area contributed by atoms with Gasteiger partial charge in [0.2, 0.25) is 5.91 Å². The van der Waals surface area contributed by atoms with E-state index in [0.29, 0.717) is 62.1 Å². The molecule has 46 heavy (non-hydrogen) atoms. The lowest BCUT2D eigenvalue weighted by atomic mass is 9.95. The molecule has 3 aromatic carbocycles. The maximum atomic E-state index is 13.3. The van der Waals surface area contributed by atoms with Gasteiger partial charge in [0, 0.05) is 26.1 Å². The monoisotopic (exact) mass is 660 g/mol. The number of aryl methyl sites for hydroxylation is 2. The number of rotatable bonds is 16. The predicted molar refractivity (Wildman–Crippen MR) is 186 cm³/mol. The SMILES string of the molecule is CCCCc1nc(Cl)c(C(=O)NCCCCNC(=O)[C@@H](S)Cc2ccccc2)n1Cc1ccc(-c2cccc(C)c2C(=O)O)cc1. The van der Waals surface area contributed by atoms with Crippen molar-refractivity contribution >= 4 is 42.0 Å². The summed E-state index contributed by atoms with van der Waals surface area (Å²) in [5.41, 5.74) is 4.75. The molecule has 0 fully saturated rings. The highest BCUT2D eigenvalue weighted by atomic mass is 35.5. The minimum absolute atomic E-state index is 0.110. The second kappa shape index (κ2) is 17.0. The third-order valence-corrected chi connectivity index (χ3v) is 8.51. The molecule has 1 atom stereocenters. The first kappa shape index (κ1) is 34.8. The molecule has 0 saturated carbocycles. The van der Waals surface area contributed by atoms with Gasteiger partial charge in [-0.2, -0.15) is 12.6 Å². The van der Waals surface area contributed by atoms with Gasteiger partial charge in [-0.25, -0.2) is 9.78 Å². The lowest BCUT2D eigenvalue weighted by Crippen LogP contribution is -2.34. The van der Waals surface area contributed by atoms with Gasteiger partial charge in [-0.1, -0.05) is 97.7 Å². The van der Waals surface area contributed by atoms with Crippen LogP contribution in [0.2, 0.25) is 5.15 Å². The van der Waals surface area contributed by atoms with Crippen molar-refractivity contribution < 1.29 is 19.5 Å². The van der Waals surface area contributed by atoms with E-state index in [1.54, 1.807) is 13.0 Å². The summed E-state index contributed by atoms with van der Waals surface area (Å²) in [6.07, 6.45) is 4.49. The van der Waals surface area contributed by atoms with Crippen molar-refractivity contribution in [3.05, 3.63) is 112 Å². The smallest absolute Gasteiger partial charge is 0.336 e. The number of hydrogen-bond acceptors (Lipinski definition) is 5. The molecule has 0 unspecified atom stereocenters. The summed E-state index contributed by atoms with van der Waals surface area (Å²) in [4.78, 5) is 42.2. The fourth-order valence-corrected chi connectivity index (χ4v) is 5.93. The van der Waals surface area contributed by atoms with Gasteiger partial charge < -0.3 is 20.3 Å². The molecule has 0 bridgehead atoms. The van der Waals surface area contributed by atoms with Gasteiger partial charge in [-0.05, 0) is 60.4 Å². The van der Waals surface area contributed by atoms with Crippen LogP contribution in [-0.4, -0.2) is 50.8 Å². The molecule has 1 heterocycles. The van der Waals surface area contributed by atoms with Crippen LogP contribution in [0.1, 0.15) is 76.0 Å². The number of carbonyl (C=O) groups excluding carboxylic acids is 2. The van der Waals surface area contributed by atoms with Crippen molar-refractivity contribution in [2.75, 3.05) is 13.1 Å². The molecule has 4 rings (SSSR count). The van der Waals surface area contributed by atoms with Crippen molar-refractivity contribution in [3.63, 3.8) is 0 Å². The highest BCUT2D eigenvalue weighted by molar-refractivity contribution is 7.81. The summed E-state index contributed by atoms with van der Waals surface area (Å²) in [7, 11) is 0. The van der Waals surface area contributed by atoms with Crippen LogP contribution in [0, 0.1) is 6.92 Å². The number of aromatic carboxylic acids is 1. The third-order valence-electron chi connectivity index (χ3n) is 7.83. The molecule has 1 aromatic heterocycles. The number of thiol groups is 1. The summed E-state index contributed by atoms with van der Waals surface area (Å²) in [5.74, 6) is -0.630. The van der Waals surface area contributed by atoms with Crippen LogP contribution >= 0.6 is 24.2 Å². The summed E-state index contributed by atoms with van der Waals surface area (Å²) in [6.45, 7) is 5.19. The van der Waals surface area contributed by atoms with Gasteiger partial charge in [0.1, 0.15) is 11.5 Å². The first-order valence-corrected chi connectivity index (χ1v) is 16.5. The zero-order chi connectivity index (χ0) is 33.1. The van der Waals surface area contributed by atoms with E-state index in [2.05, 4.69) is 35.2 Å². The van der Waals surface area contributed by atoms with Crippen LogP contribution in [0.5, 0.6) is 0 Å². The van der Waals surface area contributed by atoms with Crippen LogP contribution in [0.3, 0.4) is 0 Å². The van der Waals surface area contributed by atoms with Crippen molar-refractivity contribution in [1.29, 1.82) is 0 Å². The van der Waals surface area contributed by atoms with Gasteiger partial charge >= 0.3 is 5.97 Å². The molecule has 0 spiro atoms. The number of unbranched alkanes of at least 4 members (excludes halogenated alkanes) is 2. The molecule has 0 aliphatic heterocycles. The summed E-state index contributed by atoms with van der Waals surface area (Å²) in [5, 5.41) is 15.4. The van der Waals surface area contributed by atoms with Gasteiger partial charge in [-0.15, -0.1) is 0 Å². The van der Waals surface area contributed by atoms with Gasteiger partial charge in [0.05, 0.1) is 10.8 Å².